The van der Waals surface area contributed by atoms with Crippen molar-refractivity contribution in [2.75, 3.05) is 31.3 Å². The first kappa shape index (κ1) is 16.1. The van der Waals surface area contributed by atoms with E-state index in [4.69, 9.17) is 5.26 Å². The molecule has 0 aliphatic heterocycles. The molecule has 1 aromatic carbocycles. The average molecular weight is 312 g/mol. The van der Waals surface area contributed by atoms with Crippen molar-refractivity contribution in [3.63, 3.8) is 0 Å². The summed E-state index contributed by atoms with van der Waals surface area (Å²) in [6, 6.07) is 9.13. The predicted molar refractivity (Wildman–Crippen MR) is 85.0 cm³/mol. The normalized spacial score (nSPS) is 11.1. The molecule has 0 aliphatic rings. The molecule has 0 atom stereocenters. The van der Waals surface area contributed by atoms with Gasteiger partial charge in [0.2, 0.25) is 11.7 Å². The molecule has 3 N–H and O–H groups in total. The molecular formula is C14H16N8O. The molecule has 0 bridgehead atoms. The zero-order valence-corrected chi connectivity index (χ0v) is 12.7. The van der Waals surface area contributed by atoms with Crippen LogP contribution in [0.3, 0.4) is 0 Å². The molecule has 0 spiro atoms. The lowest BCUT2D eigenvalue weighted by Gasteiger charge is -2.11. The van der Waals surface area contributed by atoms with E-state index in [1.165, 1.54) is 6.20 Å². The smallest absolute Gasteiger partial charge is 0.238 e. The lowest BCUT2D eigenvalue weighted by Crippen LogP contribution is -2.27. The van der Waals surface area contributed by atoms with Gasteiger partial charge in [-0.15, -0.1) is 10.2 Å². The second kappa shape index (κ2) is 7.67. The summed E-state index contributed by atoms with van der Waals surface area (Å²) in [5.41, 5.74) is 1.61. The topological polar surface area (TPSA) is 123 Å². The van der Waals surface area contributed by atoms with Crippen LogP contribution in [0.15, 0.2) is 30.5 Å². The average Bonchev–Trinajstić information content (AvgIpc) is 3.01. The van der Waals surface area contributed by atoms with Crippen molar-refractivity contribution in [3.05, 3.63) is 36.3 Å². The molecule has 0 radical (unpaired) electrons. The number of nitrogens with zero attached hydrogens (tertiary/aromatic N) is 5. The third-order valence-corrected chi connectivity index (χ3v) is 2.70. The number of aromatic amines is 1. The molecule has 2 rings (SSSR count). The van der Waals surface area contributed by atoms with Gasteiger partial charge in [0.05, 0.1) is 6.54 Å². The van der Waals surface area contributed by atoms with Crippen molar-refractivity contribution in [2.24, 2.45) is 0 Å². The zero-order chi connectivity index (χ0) is 16.7. The number of amides is 1. The fourth-order valence-electron chi connectivity index (χ4n) is 1.75. The SMILES string of the molecule is CN(C)CC(=O)Nc1cccc(NC=C(C#N)c2nn[nH]n2)c1. The van der Waals surface area contributed by atoms with Crippen molar-refractivity contribution in [3.8, 4) is 6.07 Å². The Bertz CT molecular complexity index is 729. The summed E-state index contributed by atoms with van der Waals surface area (Å²) in [7, 11) is 3.65. The van der Waals surface area contributed by atoms with Gasteiger partial charge in [-0.2, -0.15) is 10.5 Å². The summed E-state index contributed by atoms with van der Waals surface area (Å²) in [6.45, 7) is 0.300. The quantitative estimate of drug-likeness (QED) is 0.670. The maximum absolute atomic E-state index is 11.7. The Labute approximate surface area is 133 Å². The molecule has 0 unspecified atom stereocenters. The number of allylic oxidation sites excluding steroid dienone is 1. The molecule has 2 aromatic rings. The van der Waals surface area contributed by atoms with Crippen molar-refractivity contribution >= 4 is 22.9 Å². The fraction of sp³-hybridized carbons (Fsp3) is 0.214. The molecule has 1 amide bonds. The summed E-state index contributed by atoms with van der Waals surface area (Å²) in [5.74, 6) is 0.0997. The van der Waals surface area contributed by atoms with Gasteiger partial charge in [0.1, 0.15) is 11.6 Å². The van der Waals surface area contributed by atoms with E-state index in [1.54, 1.807) is 23.1 Å². The number of tetrazole rings is 1. The second-order valence-corrected chi connectivity index (χ2v) is 4.92. The first-order valence-electron chi connectivity index (χ1n) is 6.74. The maximum atomic E-state index is 11.7. The highest BCUT2D eigenvalue weighted by molar-refractivity contribution is 5.92. The monoisotopic (exact) mass is 312 g/mol. The number of carbonyl (C=O) groups is 1. The summed E-state index contributed by atoms with van der Waals surface area (Å²) in [5, 5.41) is 28.0. The van der Waals surface area contributed by atoms with Crippen molar-refractivity contribution < 1.29 is 4.79 Å². The van der Waals surface area contributed by atoms with Gasteiger partial charge >= 0.3 is 0 Å². The van der Waals surface area contributed by atoms with Crippen LogP contribution in [0.4, 0.5) is 11.4 Å². The van der Waals surface area contributed by atoms with Crippen LogP contribution in [0.1, 0.15) is 5.82 Å². The van der Waals surface area contributed by atoms with Gasteiger partial charge in [0, 0.05) is 17.6 Å². The van der Waals surface area contributed by atoms with Gasteiger partial charge in [-0.25, -0.2) is 0 Å². The largest absolute Gasteiger partial charge is 0.360 e. The molecule has 23 heavy (non-hydrogen) atoms. The van der Waals surface area contributed by atoms with Crippen molar-refractivity contribution in [1.29, 1.82) is 5.26 Å². The number of hydrogen-bond acceptors (Lipinski definition) is 7. The van der Waals surface area contributed by atoms with E-state index in [9.17, 15) is 4.79 Å². The number of nitrogens with one attached hydrogen (secondary N) is 3. The first-order chi connectivity index (χ1) is 11.1. The van der Waals surface area contributed by atoms with Crippen LogP contribution in [0, 0.1) is 11.3 Å². The highest BCUT2D eigenvalue weighted by atomic mass is 16.2. The molecular weight excluding hydrogens is 296 g/mol. The number of hydrogen-bond donors (Lipinski definition) is 3. The first-order valence-corrected chi connectivity index (χ1v) is 6.74. The number of nitriles is 1. The lowest BCUT2D eigenvalue weighted by atomic mass is 10.2. The van der Waals surface area contributed by atoms with Gasteiger partial charge in [-0.05, 0) is 37.5 Å². The Kier molecular flexibility index (Phi) is 5.38. The van der Waals surface area contributed by atoms with Crippen LogP contribution >= 0.6 is 0 Å². The number of H-pyrrole nitrogens is 1. The number of aromatic nitrogens is 4. The van der Waals surface area contributed by atoms with Crippen LogP contribution in [0.2, 0.25) is 0 Å². The van der Waals surface area contributed by atoms with Crippen LogP contribution in [0.5, 0.6) is 0 Å². The number of likely N-dealkylation sites (N-methyl/N-ethyl adjacent to an activating group) is 1. The van der Waals surface area contributed by atoms with Gasteiger partial charge < -0.3 is 15.5 Å². The van der Waals surface area contributed by atoms with Crippen LogP contribution in [-0.4, -0.2) is 52.1 Å². The van der Waals surface area contributed by atoms with Crippen LogP contribution in [-0.2, 0) is 4.79 Å². The molecule has 118 valence electrons. The van der Waals surface area contributed by atoms with E-state index in [1.807, 2.05) is 26.2 Å². The van der Waals surface area contributed by atoms with Gasteiger partial charge in [0.15, 0.2) is 0 Å². The van der Waals surface area contributed by atoms with Gasteiger partial charge in [0.25, 0.3) is 0 Å². The Morgan fingerprint density at radius 3 is 2.87 bits per heavy atom. The molecule has 9 nitrogen and oxygen atoms in total. The van der Waals surface area contributed by atoms with E-state index < -0.39 is 0 Å². The second-order valence-electron chi connectivity index (χ2n) is 4.92. The third kappa shape index (κ3) is 4.90. The Morgan fingerprint density at radius 1 is 1.43 bits per heavy atom. The molecule has 1 heterocycles. The highest BCUT2D eigenvalue weighted by Gasteiger charge is 2.06. The standard InChI is InChI=1S/C14H16N8O/c1-22(2)9-13(23)17-12-5-3-4-11(6-12)16-8-10(7-15)14-18-20-21-19-14/h3-6,8,16H,9H2,1-2H3,(H,17,23)(H,18,19,20,21). The molecule has 9 heteroatoms. The predicted octanol–water partition coefficient (Wildman–Crippen LogP) is 0.676. The summed E-state index contributed by atoms with van der Waals surface area (Å²) in [6.07, 6.45) is 1.48. The minimum atomic E-state index is -0.104. The molecule has 0 saturated carbocycles. The number of benzene rings is 1. The van der Waals surface area contributed by atoms with Gasteiger partial charge in [-0.3, -0.25) is 4.79 Å². The minimum Gasteiger partial charge on any atom is -0.360 e. The van der Waals surface area contributed by atoms with E-state index in [0.29, 0.717) is 17.9 Å². The van der Waals surface area contributed by atoms with E-state index >= 15 is 0 Å². The summed E-state index contributed by atoms with van der Waals surface area (Å²) >= 11 is 0. The molecule has 0 fully saturated rings. The fourth-order valence-corrected chi connectivity index (χ4v) is 1.75. The maximum Gasteiger partial charge on any atom is 0.238 e. The lowest BCUT2D eigenvalue weighted by molar-refractivity contribution is -0.116. The zero-order valence-electron chi connectivity index (χ0n) is 12.7. The van der Waals surface area contributed by atoms with E-state index in [0.717, 1.165) is 0 Å². The third-order valence-electron chi connectivity index (χ3n) is 2.70. The Balaban J connectivity index is 2.05. The summed E-state index contributed by atoms with van der Waals surface area (Å²) in [4.78, 5) is 13.5. The number of carbonyl (C=O) groups excluding carboxylic acids is 1. The number of anilines is 2. The van der Waals surface area contributed by atoms with E-state index in [-0.39, 0.29) is 17.3 Å². The Morgan fingerprint density at radius 2 is 2.22 bits per heavy atom. The minimum absolute atomic E-state index is 0.104. The van der Waals surface area contributed by atoms with E-state index in [2.05, 4.69) is 31.3 Å². The van der Waals surface area contributed by atoms with Crippen molar-refractivity contribution in [2.45, 2.75) is 0 Å². The van der Waals surface area contributed by atoms with Crippen LogP contribution < -0.4 is 10.6 Å². The van der Waals surface area contributed by atoms with Gasteiger partial charge in [-0.1, -0.05) is 6.07 Å². The highest BCUT2D eigenvalue weighted by Crippen LogP contribution is 2.16. The molecule has 0 saturated heterocycles. The Hall–Kier alpha value is -3.25. The molecule has 1 aromatic heterocycles. The number of rotatable bonds is 6. The van der Waals surface area contributed by atoms with Crippen LogP contribution in [0.25, 0.3) is 5.57 Å². The van der Waals surface area contributed by atoms with Crippen molar-refractivity contribution in [1.82, 2.24) is 25.5 Å². The molecule has 0 aliphatic carbocycles. The summed E-state index contributed by atoms with van der Waals surface area (Å²) < 4.78 is 0.